The van der Waals surface area contributed by atoms with Crippen LogP contribution in [0.1, 0.15) is 37.9 Å². The van der Waals surface area contributed by atoms with Gasteiger partial charge in [0.05, 0.1) is 0 Å². The van der Waals surface area contributed by atoms with Gasteiger partial charge >= 0.3 is 0 Å². The van der Waals surface area contributed by atoms with Crippen molar-refractivity contribution in [2.24, 2.45) is 11.8 Å². The van der Waals surface area contributed by atoms with E-state index in [0.717, 1.165) is 25.2 Å². The second kappa shape index (κ2) is 6.21. The van der Waals surface area contributed by atoms with E-state index in [9.17, 15) is 9.59 Å². The fourth-order valence-electron chi connectivity index (χ4n) is 4.55. The Kier molecular flexibility index (Phi) is 4.02. The summed E-state index contributed by atoms with van der Waals surface area (Å²) >= 11 is 0. The normalized spacial score (nSPS) is 23.4. The average molecular weight is 339 g/mol. The molecule has 5 heteroatoms. The molecule has 1 fully saturated rings. The smallest absolute Gasteiger partial charge is 0.250 e. The van der Waals surface area contributed by atoms with Crippen molar-refractivity contribution in [1.29, 1.82) is 0 Å². The van der Waals surface area contributed by atoms with Gasteiger partial charge in [-0.3, -0.25) is 9.59 Å². The van der Waals surface area contributed by atoms with Crippen LogP contribution in [0.25, 0.3) is 0 Å². The Morgan fingerprint density at radius 2 is 1.84 bits per heavy atom. The predicted octanol–water partition coefficient (Wildman–Crippen LogP) is 2.49. The molecule has 2 bridgehead atoms. The largest absolute Gasteiger partial charge is 0.342 e. The second-order valence-electron chi connectivity index (χ2n) is 7.76. The van der Waals surface area contributed by atoms with Gasteiger partial charge in [0.15, 0.2) is 0 Å². The molecule has 0 aliphatic carbocycles. The first-order valence-electron chi connectivity index (χ1n) is 9.15. The molecule has 0 N–H and O–H groups in total. The number of piperidine rings is 1. The van der Waals surface area contributed by atoms with Crippen LogP contribution in [0.15, 0.2) is 47.5 Å². The first-order valence-corrected chi connectivity index (χ1v) is 9.15. The van der Waals surface area contributed by atoms with Crippen LogP contribution in [0, 0.1) is 11.8 Å². The van der Waals surface area contributed by atoms with Crippen molar-refractivity contribution in [3.8, 4) is 0 Å². The van der Waals surface area contributed by atoms with Crippen LogP contribution in [0.4, 0.5) is 0 Å². The number of fused-ring (bicyclic) bond motifs is 4. The first-order chi connectivity index (χ1) is 12.0. The van der Waals surface area contributed by atoms with E-state index in [1.165, 1.54) is 0 Å². The highest BCUT2D eigenvalue weighted by atomic mass is 16.2. The quantitative estimate of drug-likeness (QED) is 0.862. The number of likely N-dealkylation sites (tertiary alicyclic amines) is 1. The molecule has 2 aromatic heterocycles. The van der Waals surface area contributed by atoms with Crippen molar-refractivity contribution < 1.29 is 4.79 Å². The summed E-state index contributed by atoms with van der Waals surface area (Å²) in [5.41, 5.74) is 1.17. The number of aromatic nitrogens is 2. The maximum Gasteiger partial charge on any atom is 0.250 e. The third-order valence-corrected chi connectivity index (χ3v) is 5.62. The number of rotatable bonds is 3. The Labute approximate surface area is 147 Å². The van der Waals surface area contributed by atoms with Crippen molar-refractivity contribution in [3.63, 3.8) is 0 Å². The lowest BCUT2D eigenvalue weighted by molar-refractivity contribution is -0.139. The highest BCUT2D eigenvalue weighted by molar-refractivity contribution is 5.81. The molecule has 3 unspecified atom stereocenters. The lowest BCUT2D eigenvalue weighted by Gasteiger charge is -2.44. The van der Waals surface area contributed by atoms with E-state index in [1.807, 2.05) is 50.7 Å². The molecule has 132 valence electrons. The monoisotopic (exact) mass is 339 g/mol. The van der Waals surface area contributed by atoms with Crippen LogP contribution in [0.3, 0.4) is 0 Å². The lowest BCUT2D eigenvalue weighted by atomic mass is 9.82. The Morgan fingerprint density at radius 3 is 2.56 bits per heavy atom. The van der Waals surface area contributed by atoms with Gasteiger partial charge < -0.3 is 14.0 Å². The van der Waals surface area contributed by atoms with Crippen molar-refractivity contribution in [3.05, 3.63) is 58.8 Å². The van der Waals surface area contributed by atoms with Gasteiger partial charge in [0.25, 0.3) is 5.56 Å². The van der Waals surface area contributed by atoms with Gasteiger partial charge in [0, 0.05) is 49.7 Å². The Bertz CT molecular complexity index is 822. The molecule has 4 rings (SSSR count). The standard InChI is InChI=1S/C20H25N3O2/c1-14(2)19(21-8-3-4-9-21)20(25)22-11-15-10-16(13-22)17-6-5-7-18(24)23(17)12-15/h3-9,14-16,19H,10-13H2,1-2H3. The second-order valence-corrected chi connectivity index (χ2v) is 7.76. The number of pyridine rings is 1. The maximum absolute atomic E-state index is 13.3. The zero-order valence-corrected chi connectivity index (χ0v) is 14.8. The molecule has 2 aromatic rings. The van der Waals surface area contributed by atoms with E-state index in [1.54, 1.807) is 6.07 Å². The molecule has 1 amide bonds. The summed E-state index contributed by atoms with van der Waals surface area (Å²) in [6.45, 7) is 6.39. The highest BCUT2D eigenvalue weighted by Gasteiger charge is 2.38. The minimum absolute atomic E-state index is 0.0828. The average Bonchev–Trinajstić information content (AvgIpc) is 3.09. The molecule has 0 spiro atoms. The van der Waals surface area contributed by atoms with Crippen molar-refractivity contribution in [1.82, 2.24) is 14.0 Å². The zero-order chi connectivity index (χ0) is 17.6. The number of hydrogen-bond acceptors (Lipinski definition) is 2. The molecule has 5 nitrogen and oxygen atoms in total. The number of hydrogen-bond donors (Lipinski definition) is 0. The molecule has 0 saturated carbocycles. The maximum atomic E-state index is 13.3. The molecule has 1 saturated heterocycles. The van der Waals surface area contributed by atoms with Crippen molar-refractivity contribution in [2.45, 2.75) is 38.8 Å². The summed E-state index contributed by atoms with van der Waals surface area (Å²) < 4.78 is 3.93. The van der Waals surface area contributed by atoms with Gasteiger partial charge in [0.1, 0.15) is 6.04 Å². The minimum Gasteiger partial charge on any atom is -0.342 e. The third-order valence-electron chi connectivity index (χ3n) is 5.62. The summed E-state index contributed by atoms with van der Waals surface area (Å²) in [7, 11) is 0. The number of nitrogens with zero attached hydrogens (tertiary/aromatic N) is 3. The first kappa shape index (κ1) is 16.2. The van der Waals surface area contributed by atoms with Crippen LogP contribution >= 0.6 is 0 Å². The summed E-state index contributed by atoms with van der Waals surface area (Å²) in [5.74, 6) is 1.07. The van der Waals surface area contributed by atoms with Gasteiger partial charge in [-0.1, -0.05) is 19.9 Å². The van der Waals surface area contributed by atoms with E-state index in [4.69, 9.17) is 0 Å². The van der Waals surface area contributed by atoms with Crippen LogP contribution in [0.5, 0.6) is 0 Å². The molecule has 3 atom stereocenters. The molecule has 0 aromatic carbocycles. The molecule has 0 radical (unpaired) electrons. The van der Waals surface area contributed by atoms with E-state index >= 15 is 0 Å². The number of carbonyl (C=O) groups is 1. The molecular formula is C20H25N3O2. The minimum atomic E-state index is -0.160. The van der Waals surface area contributed by atoms with Crippen LogP contribution in [-0.2, 0) is 11.3 Å². The fourth-order valence-corrected chi connectivity index (χ4v) is 4.55. The molecule has 4 heterocycles. The number of carbonyl (C=O) groups excluding carboxylic acids is 1. The topological polar surface area (TPSA) is 47.2 Å². The predicted molar refractivity (Wildman–Crippen MR) is 96.4 cm³/mol. The van der Waals surface area contributed by atoms with E-state index in [2.05, 4.69) is 13.8 Å². The van der Waals surface area contributed by atoms with Crippen LogP contribution < -0.4 is 5.56 Å². The zero-order valence-electron chi connectivity index (χ0n) is 14.8. The van der Waals surface area contributed by atoms with E-state index < -0.39 is 0 Å². The van der Waals surface area contributed by atoms with E-state index in [0.29, 0.717) is 12.5 Å². The molecule has 2 aliphatic rings. The molecule has 25 heavy (non-hydrogen) atoms. The third kappa shape index (κ3) is 2.81. The molecular weight excluding hydrogens is 314 g/mol. The van der Waals surface area contributed by atoms with Crippen LogP contribution in [-0.4, -0.2) is 33.0 Å². The number of amides is 1. The summed E-state index contributed by atoms with van der Waals surface area (Å²) in [6, 6.07) is 9.29. The van der Waals surface area contributed by atoms with Crippen molar-refractivity contribution >= 4 is 5.91 Å². The van der Waals surface area contributed by atoms with E-state index in [-0.39, 0.29) is 29.3 Å². The van der Waals surface area contributed by atoms with Gasteiger partial charge in [-0.15, -0.1) is 0 Å². The van der Waals surface area contributed by atoms with Gasteiger partial charge in [-0.05, 0) is 36.5 Å². The van der Waals surface area contributed by atoms with Gasteiger partial charge in [-0.25, -0.2) is 0 Å². The van der Waals surface area contributed by atoms with Gasteiger partial charge in [0.2, 0.25) is 5.91 Å². The fraction of sp³-hybridized carbons (Fsp3) is 0.500. The highest BCUT2D eigenvalue weighted by Crippen LogP contribution is 2.36. The van der Waals surface area contributed by atoms with Crippen LogP contribution in [0.2, 0.25) is 0 Å². The Balaban J connectivity index is 1.61. The summed E-state index contributed by atoms with van der Waals surface area (Å²) in [4.78, 5) is 27.5. The Hall–Kier alpha value is -2.30. The van der Waals surface area contributed by atoms with Gasteiger partial charge in [-0.2, -0.15) is 0 Å². The Morgan fingerprint density at radius 1 is 1.08 bits per heavy atom. The molecule has 2 aliphatic heterocycles. The SMILES string of the molecule is CC(C)C(C(=O)N1CC2CC(C1)c1cccc(=O)n1C2)n1cccc1. The van der Waals surface area contributed by atoms with Crippen molar-refractivity contribution in [2.75, 3.05) is 13.1 Å². The summed E-state index contributed by atoms with van der Waals surface area (Å²) in [6.07, 6.45) is 5.02. The summed E-state index contributed by atoms with van der Waals surface area (Å²) in [5, 5.41) is 0. The lowest BCUT2D eigenvalue weighted by Crippen LogP contribution is -2.51.